The fourth-order valence-electron chi connectivity index (χ4n) is 3.19. The highest BCUT2D eigenvalue weighted by molar-refractivity contribution is 5.92. The average molecular weight is 360 g/mol. The van der Waals surface area contributed by atoms with Crippen LogP contribution in [0.2, 0.25) is 0 Å². The van der Waals surface area contributed by atoms with E-state index >= 15 is 0 Å². The number of carbonyl (C=O) groups is 2. The largest absolute Gasteiger partial charge is 0.326 e. The quantitative estimate of drug-likeness (QED) is 0.459. The van der Waals surface area contributed by atoms with Gasteiger partial charge in [-0.05, 0) is 62.3 Å². The zero-order valence-corrected chi connectivity index (χ0v) is 17.4. The summed E-state index contributed by atoms with van der Waals surface area (Å²) in [5.74, 6) is 0.751. The van der Waals surface area contributed by atoms with Crippen molar-refractivity contribution in [3.05, 3.63) is 29.3 Å². The molecule has 0 aromatic heterocycles. The Morgan fingerprint density at radius 1 is 1.00 bits per heavy atom. The maximum atomic E-state index is 12.2. The van der Waals surface area contributed by atoms with Crippen LogP contribution < -0.4 is 5.32 Å². The van der Waals surface area contributed by atoms with E-state index in [2.05, 4.69) is 38.2 Å². The van der Waals surface area contributed by atoms with Crippen molar-refractivity contribution in [1.82, 2.24) is 0 Å². The van der Waals surface area contributed by atoms with Gasteiger partial charge in [0.1, 0.15) is 5.78 Å². The lowest BCUT2D eigenvalue weighted by atomic mass is 9.97. The molecule has 1 amide bonds. The number of benzene rings is 1. The first-order valence-electron chi connectivity index (χ1n) is 10.3. The van der Waals surface area contributed by atoms with Crippen molar-refractivity contribution in [3.63, 3.8) is 0 Å². The summed E-state index contributed by atoms with van der Waals surface area (Å²) in [5.41, 5.74) is 3.34. The van der Waals surface area contributed by atoms with Crippen molar-refractivity contribution < 1.29 is 9.59 Å². The van der Waals surface area contributed by atoms with Crippen LogP contribution >= 0.6 is 0 Å². The first kappa shape index (κ1) is 22.4. The fraction of sp³-hybridized carbons (Fsp3) is 0.652. The maximum Gasteiger partial charge on any atom is 0.227 e. The summed E-state index contributed by atoms with van der Waals surface area (Å²) in [6, 6.07) is 6.31. The number of hydrogen-bond acceptors (Lipinski definition) is 2. The minimum atomic E-state index is 0.0482. The molecular formula is C23H37NO2. The third-order valence-electron chi connectivity index (χ3n) is 5.12. The molecule has 0 aliphatic heterocycles. The minimum absolute atomic E-state index is 0.0482. The Balaban J connectivity index is 2.47. The molecule has 146 valence electrons. The molecule has 0 saturated carbocycles. The Kier molecular flexibility index (Phi) is 10.2. The van der Waals surface area contributed by atoms with Crippen molar-refractivity contribution in [2.45, 2.75) is 86.0 Å². The summed E-state index contributed by atoms with van der Waals surface area (Å²) in [5, 5.41) is 3.06. The van der Waals surface area contributed by atoms with E-state index in [0.29, 0.717) is 12.2 Å². The molecule has 3 heteroatoms. The Labute approximate surface area is 160 Å². The second-order valence-corrected chi connectivity index (χ2v) is 7.72. The van der Waals surface area contributed by atoms with Gasteiger partial charge in [-0.2, -0.15) is 0 Å². The zero-order valence-electron chi connectivity index (χ0n) is 17.4. The van der Waals surface area contributed by atoms with E-state index in [0.717, 1.165) is 50.6 Å². The van der Waals surface area contributed by atoms with Crippen molar-refractivity contribution in [3.8, 4) is 0 Å². The number of ketones is 1. The van der Waals surface area contributed by atoms with Crippen molar-refractivity contribution >= 4 is 17.4 Å². The Morgan fingerprint density at radius 2 is 1.73 bits per heavy atom. The van der Waals surface area contributed by atoms with Gasteiger partial charge in [0, 0.05) is 23.9 Å². The summed E-state index contributed by atoms with van der Waals surface area (Å²) in [6.07, 6.45) is 7.71. The summed E-state index contributed by atoms with van der Waals surface area (Å²) in [7, 11) is 0. The van der Waals surface area contributed by atoms with Gasteiger partial charge in [0.25, 0.3) is 0 Å². The third-order valence-corrected chi connectivity index (χ3v) is 5.12. The molecule has 2 unspecified atom stereocenters. The molecule has 0 fully saturated rings. The van der Waals surface area contributed by atoms with Crippen molar-refractivity contribution in [2.24, 2.45) is 11.8 Å². The van der Waals surface area contributed by atoms with E-state index in [1.165, 1.54) is 11.1 Å². The second-order valence-electron chi connectivity index (χ2n) is 7.72. The SMILES string of the molecule is CCCC(C)C(=O)Nc1cc(C)cc(CCCCCC(=O)C(C)CC)c1. The molecule has 0 bridgehead atoms. The molecule has 26 heavy (non-hydrogen) atoms. The van der Waals surface area contributed by atoms with Crippen LogP contribution in [0.5, 0.6) is 0 Å². The number of amides is 1. The first-order valence-corrected chi connectivity index (χ1v) is 10.3. The van der Waals surface area contributed by atoms with Crippen LogP contribution in [0.1, 0.15) is 83.8 Å². The second kappa shape index (κ2) is 11.9. The van der Waals surface area contributed by atoms with E-state index in [9.17, 15) is 9.59 Å². The summed E-state index contributed by atoms with van der Waals surface area (Å²) >= 11 is 0. The lowest BCUT2D eigenvalue weighted by Crippen LogP contribution is -2.20. The van der Waals surface area contributed by atoms with Crippen LogP contribution in [-0.2, 0) is 16.0 Å². The van der Waals surface area contributed by atoms with E-state index in [4.69, 9.17) is 0 Å². The molecule has 0 spiro atoms. The van der Waals surface area contributed by atoms with Crippen LogP contribution in [0.25, 0.3) is 0 Å². The lowest BCUT2D eigenvalue weighted by molar-refractivity contribution is -0.122. The molecule has 1 aromatic carbocycles. The Morgan fingerprint density at radius 3 is 2.38 bits per heavy atom. The smallest absolute Gasteiger partial charge is 0.227 e. The van der Waals surface area contributed by atoms with Gasteiger partial charge in [0.05, 0.1) is 0 Å². The molecule has 1 aromatic rings. The van der Waals surface area contributed by atoms with Gasteiger partial charge < -0.3 is 5.32 Å². The third kappa shape index (κ3) is 8.16. The average Bonchev–Trinajstić information content (AvgIpc) is 2.60. The van der Waals surface area contributed by atoms with Crippen LogP contribution in [0.3, 0.4) is 0 Å². The molecular weight excluding hydrogens is 322 g/mol. The molecule has 0 saturated heterocycles. The van der Waals surface area contributed by atoms with Crippen LogP contribution in [-0.4, -0.2) is 11.7 Å². The summed E-state index contributed by atoms with van der Waals surface area (Å²) in [6.45, 7) is 10.2. The van der Waals surface area contributed by atoms with Crippen molar-refractivity contribution in [2.75, 3.05) is 5.32 Å². The predicted octanol–water partition coefficient (Wildman–Crippen LogP) is 6.09. The topological polar surface area (TPSA) is 46.2 Å². The predicted molar refractivity (Wildman–Crippen MR) is 111 cm³/mol. The number of nitrogens with one attached hydrogen (secondary N) is 1. The van der Waals surface area contributed by atoms with Gasteiger partial charge in [0.2, 0.25) is 5.91 Å². The number of carbonyl (C=O) groups excluding carboxylic acids is 2. The van der Waals surface area contributed by atoms with Gasteiger partial charge in [-0.15, -0.1) is 0 Å². The number of anilines is 1. The number of hydrogen-bond donors (Lipinski definition) is 1. The number of rotatable bonds is 12. The highest BCUT2D eigenvalue weighted by Crippen LogP contribution is 2.19. The molecule has 0 heterocycles. The molecule has 0 radical (unpaired) electrons. The molecule has 3 nitrogen and oxygen atoms in total. The fourth-order valence-corrected chi connectivity index (χ4v) is 3.19. The minimum Gasteiger partial charge on any atom is -0.326 e. The van der Waals surface area contributed by atoms with E-state index in [1.807, 2.05) is 19.9 Å². The Bertz CT molecular complexity index is 580. The Hall–Kier alpha value is -1.64. The highest BCUT2D eigenvalue weighted by atomic mass is 16.1. The van der Waals surface area contributed by atoms with Crippen LogP contribution in [0.4, 0.5) is 5.69 Å². The highest BCUT2D eigenvalue weighted by Gasteiger charge is 2.12. The van der Waals surface area contributed by atoms with Gasteiger partial charge in [-0.25, -0.2) is 0 Å². The maximum absolute atomic E-state index is 12.2. The molecule has 1 rings (SSSR count). The van der Waals surface area contributed by atoms with Gasteiger partial charge in [0.15, 0.2) is 0 Å². The van der Waals surface area contributed by atoms with Crippen molar-refractivity contribution in [1.29, 1.82) is 0 Å². The standard InChI is InChI=1S/C23H37NO2/c1-6-11-19(5)23(26)24-21-15-17(3)14-20(16-21)12-9-8-10-13-22(25)18(4)7-2/h14-16,18-19H,6-13H2,1-5H3,(H,24,26). The number of unbranched alkanes of at least 4 members (excludes halogenated alkanes) is 2. The summed E-state index contributed by atoms with van der Waals surface area (Å²) in [4.78, 5) is 24.1. The number of aryl methyl sites for hydroxylation is 2. The molecule has 0 aliphatic carbocycles. The van der Waals surface area contributed by atoms with Gasteiger partial charge in [-0.3, -0.25) is 9.59 Å². The first-order chi connectivity index (χ1) is 12.4. The molecule has 2 atom stereocenters. The monoisotopic (exact) mass is 359 g/mol. The molecule has 0 aliphatic rings. The van der Waals surface area contributed by atoms with E-state index < -0.39 is 0 Å². The normalized spacial score (nSPS) is 13.3. The van der Waals surface area contributed by atoms with Crippen LogP contribution in [0, 0.1) is 18.8 Å². The lowest BCUT2D eigenvalue weighted by Gasteiger charge is -2.13. The van der Waals surface area contributed by atoms with Crippen LogP contribution in [0.15, 0.2) is 18.2 Å². The summed E-state index contributed by atoms with van der Waals surface area (Å²) < 4.78 is 0. The molecule has 1 N–H and O–H groups in total. The van der Waals surface area contributed by atoms with Gasteiger partial charge >= 0.3 is 0 Å². The van der Waals surface area contributed by atoms with Gasteiger partial charge in [-0.1, -0.05) is 46.6 Å². The zero-order chi connectivity index (χ0) is 19.5. The van der Waals surface area contributed by atoms with E-state index in [-0.39, 0.29) is 17.7 Å². The number of Topliss-reactive ketones (excluding diaryl/α,β-unsaturated/α-hetero) is 1. The van der Waals surface area contributed by atoms with E-state index in [1.54, 1.807) is 0 Å².